The highest BCUT2D eigenvalue weighted by molar-refractivity contribution is 7.90. The van der Waals surface area contributed by atoms with Crippen LogP contribution in [0, 0.1) is 0 Å². The van der Waals surface area contributed by atoms with E-state index in [4.69, 9.17) is 5.11 Å². The molecule has 2 N–H and O–H groups in total. The van der Waals surface area contributed by atoms with Gasteiger partial charge in [0.25, 0.3) is 10.0 Å². The van der Waals surface area contributed by atoms with Gasteiger partial charge in [0, 0.05) is 12.6 Å². The number of fused-ring (bicyclic) bond motifs is 1. The van der Waals surface area contributed by atoms with Gasteiger partial charge in [-0.15, -0.1) is 4.40 Å². The van der Waals surface area contributed by atoms with E-state index >= 15 is 0 Å². The summed E-state index contributed by atoms with van der Waals surface area (Å²) in [6.07, 6.45) is 0. The summed E-state index contributed by atoms with van der Waals surface area (Å²) in [6.45, 7) is -0.690. The Morgan fingerprint density at radius 3 is 2.67 bits per heavy atom. The first-order valence-electron chi connectivity index (χ1n) is 5.95. The number of sulfonamides is 1. The van der Waals surface area contributed by atoms with Gasteiger partial charge in [0.2, 0.25) is 5.91 Å². The van der Waals surface area contributed by atoms with Crippen molar-refractivity contribution in [2.24, 2.45) is 4.40 Å². The zero-order valence-electron chi connectivity index (χ0n) is 11.1. The van der Waals surface area contributed by atoms with E-state index in [1.165, 1.54) is 18.0 Å². The predicted octanol–water partition coefficient (Wildman–Crippen LogP) is -0.732. The van der Waals surface area contributed by atoms with E-state index in [1.807, 2.05) is 0 Å². The van der Waals surface area contributed by atoms with Gasteiger partial charge < -0.3 is 15.3 Å². The van der Waals surface area contributed by atoms with Gasteiger partial charge in [-0.2, -0.15) is 8.42 Å². The number of hydrogen-bond donors (Lipinski definition) is 2. The summed E-state index contributed by atoms with van der Waals surface area (Å²) in [5.41, 5.74) is 0.422. The molecule has 1 aliphatic heterocycles. The van der Waals surface area contributed by atoms with Crippen molar-refractivity contribution in [1.82, 2.24) is 10.2 Å². The molecule has 0 bridgehead atoms. The minimum Gasteiger partial charge on any atom is -0.480 e. The van der Waals surface area contributed by atoms with Gasteiger partial charge in [-0.25, -0.2) is 0 Å². The first-order valence-corrected chi connectivity index (χ1v) is 7.39. The Balaban J connectivity index is 2.16. The lowest BCUT2D eigenvalue weighted by atomic mass is 10.2. The van der Waals surface area contributed by atoms with Crippen LogP contribution in [0.5, 0.6) is 0 Å². The van der Waals surface area contributed by atoms with E-state index in [0.29, 0.717) is 5.56 Å². The number of rotatable bonds is 4. The highest BCUT2D eigenvalue weighted by Crippen LogP contribution is 2.26. The van der Waals surface area contributed by atoms with Crippen molar-refractivity contribution in [3.63, 3.8) is 0 Å². The smallest absolute Gasteiger partial charge is 0.322 e. The van der Waals surface area contributed by atoms with Gasteiger partial charge in [-0.3, -0.25) is 9.59 Å². The van der Waals surface area contributed by atoms with Gasteiger partial charge in [-0.05, 0) is 12.1 Å². The zero-order valence-corrected chi connectivity index (χ0v) is 11.9. The maximum Gasteiger partial charge on any atom is 0.322 e. The average Bonchev–Trinajstić information content (AvgIpc) is 2.69. The molecule has 0 radical (unpaired) electrons. The van der Waals surface area contributed by atoms with Gasteiger partial charge in [0.05, 0.1) is 6.54 Å². The molecule has 1 heterocycles. The molecule has 0 spiro atoms. The van der Waals surface area contributed by atoms with Crippen molar-refractivity contribution in [2.45, 2.75) is 4.90 Å². The zero-order chi connectivity index (χ0) is 15.6. The second kappa shape index (κ2) is 5.52. The maximum atomic E-state index is 11.9. The average molecular weight is 311 g/mol. The molecule has 1 aromatic carbocycles. The fourth-order valence-corrected chi connectivity index (χ4v) is 3.14. The Morgan fingerprint density at radius 2 is 2.00 bits per heavy atom. The minimum atomic E-state index is -3.74. The molecule has 0 aliphatic carbocycles. The number of amidine groups is 1. The third-order valence-electron chi connectivity index (χ3n) is 2.79. The number of benzene rings is 1. The molecule has 2 rings (SSSR count). The van der Waals surface area contributed by atoms with Crippen LogP contribution >= 0.6 is 0 Å². The molecule has 0 aromatic heterocycles. The number of nitrogens with zero attached hydrogens (tertiary/aromatic N) is 2. The predicted molar refractivity (Wildman–Crippen MR) is 73.4 cm³/mol. The van der Waals surface area contributed by atoms with Crippen molar-refractivity contribution in [2.75, 3.05) is 20.1 Å². The number of carbonyl (C=O) groups excluding carboxylic acids is 1. The van der Waals surface area contributed by atoms with Crippen LogP contribution in [0.2, 0.25) is 0 Å². The van der Waals surface area contributed by atoms with E-state index in [1.54, 1.807) is 18.2 Å². The topological polar surface area (TPSA) is 116 Å². The van der Waals surface area contributed by atoms with Crippen LogP contribution in [0.25, 0.3) is 0 Å². The molecular weight excluding hydrogens is 298 g/mol. The largest absolute Gasteiger partial charge is 0.480 e. The Morgan fingerprint density at radius 1 is 1.33 bits per heavy atom. The standard InChI is InChI=1S/C12H13N3O5S/c1-15(7-10(16)13-6-11(17)18)12-8-4-2-3-5-9(8)21(19,20)14-12/h2-5H,6-7H2,1H3,(H,13,16)(H,17,18). The van der Waals surface area contributed by atoms with Crippen molar-refractivity contribution in [1.29, 1.82) is 0 Å². The minimum absolute atomic E-state index is 0.0952. The summed E-state index contributed by atoms with van der Waals surface area (Å²) >= 11 is 0. The quantitative estimate of drug-likeness (QED) is 0.757. The summed E-state index contributed by atoms with van der Waals surface area (Å²) in [4.78, 5) is 23.4. The number of carboxylic acids is 1. The summed E-state index contributed by atoms with van der Waals surface area (Å²) in [5, 5.41) is 10.7. The number of nitrogens with one attached hydrogen (secondary N) is 1. The van der Waals surface area contributed by atoms with Gasteiger partial charge in [-0.1, -0.05) is 12.1 Å². The van der Waals surface area contributed by atoms with Gasteiger partial charge >= 0.3 is 5.97 Å². The fraction of sp³-hybridized carbons (Fsp3) is 0.250. The molecule has 112 valence electrons. The molecule has 1 aliphatic rings. The molecule has 1 amide bonds. The molecular formula is C12H13N3O5S. The molecule has 0 fully saturated rings. The Bertz CT molecular complexity index is 726. The molecule has 8 nitrogen and oxygen atoms in total. The van der Waals surface area contributed by atoms with Crippen LogP contribution in [0.4, 0.5) is 0 Å². The fourth-order valence-electron chi connectivity index (χ4n) is 1.88. The SMILES string of the molecule is CN(CC(=O)NCC(=O)O)C1=NS(=O)(=O)c2ccccc21. The number of aliphatic carboxylic acids is 1. The second-order valence-electron chi connectivity index (χ2n) is 4.41. The third kappa shape index (κ3) is 3.19. The van der Waals surface area contributed by atoms with Gasteiger partial charge in [0.15, 0.2) is 5.84 Å². The number of carbonyl (C=O) groups is 2. The number of carboxylic acid groups (broad SMARTS) is 1. The number of hydrogen-bond acceptors (Lipinski definition) is 5. The van der Waals surface area contributed by atoms with Crippen LogP contribution in [0.3, 0.4) is 0 Å². The first kappa shape index (κ1) is 15.0. The highest BCUT2D eigenvalue weighted by Gasteiger charge is 2.30. The molecule has 0 atom stereocenters. The van der Waals surface area contributed by atoms with E-state index in [9.17, 15) is 18.0 Å². The van der Waals surface area contributed by atoms with Crippen LogP contribution < -0.4 is 5.32 Å². The van der Waals surface area contributed by atoms with E-state index < -0.39 is 28.4 Å². The van der Waals surface area contributed by atoms with E-state index in [2.05, 4.69) is 9.71 Å². The van der Waals surface area contributed by atoms with E-state index in [-0.39, 0.29) is 17.3 Å². The number of amides is 1. The maximum absolute atomic E-state index is 11.9. The van der Waals surface area contributed by atoms with Crippen molar-refractivity contribution in [3.8, 4) is 0 Å². The Hall–Kier alpha value is -2.42. The molecule has 0 unspecified atom stereocenters. The van der Waals surface area contributed by atoms with Crippen molar-refractivity contribution >= 4 is 27.7 Å². The lowest BCUT2D eigenvalue weighted by Gasteiger charge is -2.18. The summed E-state index contributed by atoms with van der Waals surface area (Å²) in [5.74, 6) is -1.53. The lowest BCUT2D eigenvalue weighted by molar-refractivity contribution is -0.137. The summed E-state index contributed by atoms with van der Waals surface area (Å²) in [7, 11) is -2.23. The lowest BCUT2D eigenvalue weighted by Crippen LogP contribution is -2.40. The second-order valence-corrected chi connectivity index (χ2v) is 5.99. The van der Waals surface area contributed by atoms with Crippen molar-refractivity contribution in [3.05, 3.63) is 29.8 Å². The highest BCUT2D eigenvalue weighted by atomic mass is 32.2. The van der Waals surface area contributed by atoms with Crippen molar-refractivity contribution < 1.29 is 23.1 Å². The molecule has 0 saturated heterocycles. The Labute approximate surface area is 121 Å². The summed E-state index contributed by atoms with van der Waals surface area (Å²) < 4.78 is 27.4. The number of likely N-dealkylation sites (N-methyl/N-ethyl adjacent to an activating group) is 1. The van der Waals surface area contributed by atoms with Crippen LogP contribution in [0.15, 0.2) is 33.6 Å². The molecule has 9 heteroatoms. The molecule has 1 aromatic rings. The molecule has 0 saturated carbocycles. The van der Waals surface area contributed by atoms with Gasteiger partial charge in [0.1, 0.15) is 11.4 Å². The summed E-state index contributed by atoms with van der Waals surface area (Å²) in [6, 6.07) is 6.31. The van der Waals surface area contributed by atoms with Crippen LogP contribution in [-0.2, 0) is 19.6 Å². The first-order chi connectivity index (χ1) is 9.81. The van der Waals surface area contributed by atoms with Crippen LogP contribution in [0.1, 0.15) is 5.56 Å². The monoisotopic (exact) mass is 311 g/mol. The normalized spacial score (nSPS) is 15.0. The van der Waals surface area contributed by atoms with E-state index in [0.717, 1.165) is 0 Å². The Kier molecular flexibility index (Phi) is 3.94. The third-order valence-corrected chi connectivity index (χ3v) is 4.12. The van der Waals surface area contributed by atoms with Crippen LogP contribution in [-0.4, -0.2) is 56.3 Å². The molecule has 21 heavy (non-hydrogen) atoms.